The molecule has 0 unspecified atom stereocenters. The van der Waals surface area contributed by atoms with Gasteiger partial charge in [0.25, 0.3) is 5.91 Å². The van der Waals surface area contributed by atoms with Crippen LogP contribution in [0.4, 0.5) is 13.2 Å². The Morgan fingerprint density at radius 2 is 1.75 bits per heavy atom. The number of carbonyl (C=O) groups is 1. The molecule has 8 nitrogen and oxygen atoms in total. The van der Waals surface area contributed by atoms with E-state index in [0.29, 0.717) is 48.2 Å². The van der Waals surface area contributed by atoms with E-state index >= 15 is 0 Å². The van der Waals surface area contributed by atoms with E-state index in [9.17, 15) is 34.8 Å². The van der Waals surface area contributed by atoms with Crippen LogP contribution in [0.3, 0.4) is 0 Å². The van der Waals surface area contributed by atoms with Crippen molar-refractivity contribution >= 4 is 60.3 Å². The molecule has 4 rings (SSSR count). The standard InChI is InChI=1S/C24H28Cl2F3N3O5S3/c1-13(24(27,28)29)32-40(36,37)18-7-6-16(19(25)20(18)26)21-17(12-14-4-2-3-5-14)31-23(38-21)22(33)30-15-8-10-39(34,35)11-9-15/h6-7,13-15,32H,2-5,8-12H2,1H3,(H,30,33)/t13-/m0/s1. The van der Waals surface area contributed by atoms with Crippen molar-refractivity contribution in [2.24, 2.45) is 5.92 Å². The van der Waals surface area contributed by atoms with Gasteiger partial charge in [0.1, 0.15) is 20.8 Å². The van der Waals surface area contributed by atoms with Crippen molar-refractivity contribution in [1.29, 1.82) is 0 Å². The van der Waals surface area contributed by atoms with Gasteiger partial charge in [-0.2, -0.15) is 17.9 Å². The lowest BCUT2D eigenvalue weighted by Gasteiger charge is -2.22. The number of halogens is 5. The molecule has 1 aromatic heterocycles. The van der Waals surface area contributed by atoms with Crippen LogP contribution in [0.2, 0.25) is 10.0 Å². The maximum atomic E-state index is 13.1. The molecule has 222 valence electrons. The van der Waals surface area contributed by atoms with Crippen LogP contribution in [0.15, 0.2) is 17.0 Å². The van der Waals surface area contributed by atoms with Gasteiger partial charge in [-0.15, -0.1) is 11.3 Å². The summed E-state index contributed by atoms with van der Waals surface area (Å²) in [6.07, 6.45) is 0.491. The maximum Gasteiger partial charge on any atom is 0.404 e. The van der Waals surface area contributed by atoms with Crippen LogP contribution < -0.4 is 10.0 Å². The molecule has 1 saturated heterocycles. The van der Waals surface area contributed by atoms with Crippen molar-refractivity contribution in [2.75, 3.05) is 11.5 Å². The Morgan fingerprint density at radius 3 is 2.35 bits per heavy atom. The first-order chi connectivity index (χ1) is 18.6. The molecule has 2 aliphatic rings. The average molecular weight is 663 g/mol. The van der Waals surface area contributed by atoms with Crippen LogP contribution in [0.1, 0.15) is 60.9 Å². The van der Waals surface area contributed by atoms with Gasteiger partial charge in [-0.25, -0.2) is 21.8 Å². The number of alkyl halides is 3. The van der Waals surface area contributed by atoms with Crippen molar-refractivity contribution < 1.29 is 34.8 Å². The Kier molecular flexibility index (Phi) is 9.48. The predicted molar refractivity (Wildman–Crippen MR) is 148 cm³/mol. The number of nitrogens with zero attached hydrogens (tertiary/aromatic N) is 1. The van der Waals surface area contributed by atoms with Gasteiger partial charge >= 0.3 is 6.18 Å². The first-order valence-electron chi connectivity index (χ1n) is 12.7. The van der Waals surface area contributed by atoms with E-state index in [1.807, 2.05) is 0 Å². The predicted octanol–water partition coefficient (Wildman–Crippen LogP) is 5.39. The van der Waals surface area contributed by atoms with Gasteiger partial charge in [-0.1, -0.05) is 55.0 Å². The average Bonchev–Trinajstić information content (AvgIpc) is 3.52. The number of aromatic nitrogens is 1. The Hall–Kier alpha value is -1.45. The van der Waals surface area contributed by atoms with E-state index in [-0.39, 0.29) is 27.6 Å². The zero-order chi connectivity index (χ0) is 29.5. The van der Waals surface area contributed by atoms with Crippen molar-refractivity contribution in [3.8, 4) is 10.4 Å². The number of hydrogen-bond donors (Lipinski definition) is 2. The third-order valence-electron chi connectivity index (χ3n) is 7.14. The van der Waals surface area contributed by atoms with Gasteiger partial charge in [0, 0.05) is 11.6 Å². The molecule has 0 bridgehead atoms. The van der Waals surface area contributed by atoms with Crippen LogP contribution in [-0.4, -0.2) is 57.5 Å². The summed E-state index contributed by atoms with van der Waals surface area (Å²) in [4.78, 5) is 17.6. The molecule has 16 heteroatoms. The minimum atomic E-state index is -4.80. The Morgan fingerprint density at radius 1 is 1.12 bits per heavy atom. The third-order valence-corrected chi connectivity index (χ3v) is 12.6. The first kappa shape index (κ1) is 31.5. The van der Waals surface area contributed by atoms with E-state index in [4.69, 9.17) is 23.2 Å². The highest BCUT2D eigenvalue weighted by atomic mass is 35.5. The van der Waals surface area contributed by atoms with E-state index in [2.05, 4.69) is 10.3 Å². The summed E-state index contributed by atoms with van der Waals surface area (Å²) >= 11 is 13.8. The fourth-order valence-corrected chi connectivity index (χ4v) is 9.52. The van der Waals surface area contributed by atoms with Gasteiger partial charge in [0.05, 0.1) is 32.1 Å². The number of rotatable bonds is 8. The molecule has 2 heterocycles. The van der Waals surface area contributed by atoms with Crippen molar-refractivity contribution in [3.63, 3.8) is 0 Å². The van der Waals surface area contributed by atoms with Crippen LogP contribution >= 0.6 is 34.5 Å². The van der Waals surface area contributed by atoms with Crippen molar-refractivity contribution in [1.82, 2.24) is 15.0 Å². The molecule has 40 heavy (non-hydrogen) atoms. The lowest BCUT2D eigenvalue weighted by atomic mass is 9.99. The Labute approximate surface area is 245 Å². The van der Waals surface area contributed by atoms with E-state index < -0.39 is 47.9 Å². The highest BCUT2D eigenvalue weighted by molar-refractivity contribution is 7.91. The summed E-state index contributed by atoms with van der Waals surface area (Å²) < 4.78 is 89.3. The number of thiazole rings is 1. The molecule has 0 radical (unpaired) electrons. The SMILES string of the molecule is C[C@H](NS(=O)(=O)c1ccc(-c2sc(C(=O)NC3CCS(=O)(=O)CC3)nc2CC2CCCC2)c(Cl)c1Cl)C(F)(F)F. The highest BCUT2D eigenvalue weighted by Gasteiger charge is 2.39. The maximum absolute atomic E-state index is 13.1. The van der Waals surface area contributed by atoms with Gasteiger partial charge in [0.15, 0.2) is 5.01 Å². The summed E-state index contributed by atoms with van der Waals surface area (Å²) in [5.74, 6) is -0.135. The number of benzene rings is 1. The van der Waals surface area contributed by atoms with Crippen molar-refractivity contribution in [3.05, 3.63) is 32.9 Å². The molecule has 2 fully saturated rings. The molecule has 1 aliphatic heterocycles. The molecule has 1 aromatic carbocycles. The zero-order valence-corrected chi connectivity index (χ0v) is 25.3. The summed E-state index contributed by atoms with van der Waals surface area (Å²) in [5.41, 5.74) is 0.897. The van der Waals surface area contributed by atoms with E-state index in [0.717, 1.165) is 43.1 Å². The number of sulfonamides is 1. The number of carbonyl (C=O) groups excluding carboxylic acids is 1. The van der Waals surface area contributed by atoms with E-state index in [1.54, 1.807) is 4.72 Å². The molecule has 1 saturated carbocycles. The second kappa shape index (κ2) is 12.0. The second-order valence-corrected chi connectivity index (χ2v) is 15.9. The topological polar surface area (TPSA) is 122 Å². The van der Waals surface area contributed by atoms with Crippen LogP contribution in [0.25, 0.3) is 10.4 Å². The molecular formula is C24H28Cl2F3N3O5S3. The Balaban J connectivity index is 1.65. The largest absolute Gasteiger partial charge is 0.404 e. The highest BCUT2D eigenvalue weighted by Crippen LogP contribution is 2.43. The summed E-state index contributed by atoms with van der Waals surface area (Å²) in [6, 6.07) is -0.232. The third kappa shape index (κ3) is 7.30. The molecule has 1 amide bonds. The van der Waals surface area contributed by atoms with Gasteiger partial charge < -0.3 is 5.32 Å². The number of nitrogens with one attached hydrogen (secondary N) is 2. The normalized spacial score (nSPS) is 19.6. The lowest BCUT2D eigenvalue weighted by Crippen LogP contribution is -2.43. The fourth-order valence-electron chi connectivity index (χ4n) is 4.84. The van der Waals surface area contributed by atoms with Crippen LogP contribution in [0.5, 0.6) is 0 Å². The quantitative estimate of drug-likeness (QED) is 0.391. The summed E-state index contributed by atoms with van der Waals surface area (Å²) in [6.45, 7) is 0.673. The molecule has 0 spiro atoms. The number of amides is 1. The van der Waals surface area contributed by atoms with Crippen LogP contribution in [-0.2, 0) is 26.3 Å². The van der Waals surface area contributed by atoms with Crippen LogP contribution in [0, 0.1) is 5.92 Å². The molecular weight excluding hydrogens is 634 g/mol. The van der Waals surface area contributed by atoms with Gasteiger partial charge in [0.2, 0.25) is 10.0 Å². The fraction of sp³-hybridized carbons (Fsp3) is 0.583. The van der Waals surface area contributed by atoms with Gasteiger partial charge in [-0.05, 0) is 38.2 Å². The molecule has 2 N–H and O–H groups in total. The molecule has 1 atom stereocenters. The monoisotopic (exact) mass is 661 g/mol. The first-order valence-corrected chi connectivity index (χ1v) is 17.5. The molecule has 1 aliphatic carbocycles. The smallest absolute Gasteiger partial charge is 0.347 e. The summed E-state index contributed by atoms with van der Waals surface area (Å²) in [7, 11) is -7.76. The minimum absolute atomic E-state index is 0.00599. The molecule has 2 aromatic rings. The zero-order valence-electron chi connectivity index (χ0n) is 21.4. The number of hydrogen-bond acceptors (Lipinski definition) is 7. The van der Waals surface area contributed by atoms with E-state index in [1.165, 1.54) is 6.07 Å². The number of sulfone groups is 1. The Bertz CT molecular complexity index is 1480. The van der Waals surface area contributed by atoms with Gasteiger partial charge in [-0.3, -0.25) is 4.79 Å². The second-order valence-electron chi connectivity index (χ2n) is 10.2. The lowest BCUT2D eigenvalue weighted by molar-refractivity contribution is -0.147. The minimum Gasteiger partial charge on any atom is -0.347 e. The van der Waals surface area contributed by atoms with Crippen molar-refractivity contribution in [2.45, 2.75) is 75.0 Å². The summed E-state index contributed by atoms with van der Waals surface area (Å²) in [5, 5.41) is 2.35.